The molecule has 0 heterocycles. The molecule has 3 N–H and O–H groups in total. The lowest BCUT2D eigenvalue weighted by Crippen LogP contribution is -2.49. The summed E-state index contributed by atoms with van der Waals surface area (Å²) in [5.41, 5.74) is 5.75. The van der Waals surface area contributed by atoms with Gasteiger partial charge in [0.15, 0.2) is 0 Å². The van der Waals surface area contributed by atoms with Gasteiger partial charge in [0.1, 0.15) is 6.04 Å². The van der Waals surface area contributed by atoms with Crippen LogP contribution in [-0.4, -0.2) is 40.5 Å². The summed E-state index contributed by atoms with van der Waals surface area (Å²) in [6, 6.07) is -0.797. The molecule has 0 radical (unpaired) electrons. The zero-order valence-corrected chi connectivity index (χ0v) is 10.6. The summed E-state index contributed by atoms with van der Waals surface area (Å²) in [4.78, 5) is 24.0. The molecule has 0 saturated heterocycles. The van der Waals surface area contributed by atoms with Crippen molar-refractivity contribution in [3.05, 3.63) is 0 Å². The van der Waals surface area contributed by atoms with Crippen molar-refractivity contribution in [1.82, 2.24) is 4.90 Å². The molecule has 5 heteroatoms. The number of likely N-dealkylation sites (N-methyl/N-ethyl adjacent to an activating group) is 1. The van der Waals surface area contributed by atoms with Crippen LogP contribution in [-0.2, 0) is 9.59 Å². The Labute approximate surface area is 102 Å². The maximum atomic E-state index is 11.9. The number of aliphatic carboxylic acids is 1. The number of carboxylic acids is 1. The normalized spacial score (nSPS) is 20.6. The van der Waals surface area contributed by atoms with Crippen LogP contribution in [0.2, 0.25) is 0 Å². The van der Waals surface area contributed by atoms with Gasteiger partial charge in [0.25, 0.3) is 0 Å². The van der Waals surface area contributed by atoms with Gasteiger partial charge in [-0.3, -0.25) is 4.79 Å². The van der Waals surface area contributed by atoms with Crippen molar-refractivity contribution in [1.29, 1.82) is 0 Å². The first-order valence-corrected chi connectivity index (χ1v) is 6.13. The molecule has 1 amide bonds. The Balaban J connectivity index is 2.55. The van der Waals surface area contributed by atoms with E-state index in [0.29, 0.717) is 0 Å². The van der Waals surface area contributed by atoms with E-state index < -0.39 is 17.6 Å². The van der Waals surface area contributed by atoms with Gasteiger partial charge in [-0.1, -0.05) is 19.3 Å². The van der Waals surface area contributed by atoms with Gasteiger partial charge in [0.05, 0.1) is 0 Å². The third-order valence-electron chi connectivity index (χ3n) is 3.68. The smallest absolute Gasteiger partial charge is 0.326 e. The van der Waals surface area contributed by atoms with E-state index in [2.05, 4.69) is 0 Å². The number of nitrogens with zero attached hydrogens (tertiary/aromatic N) is 1. The average Bonchev–Trinajstić information content (AvgIpc) is 2.27. The van der Waals surface area contributed by atoms with Crippen LogP contribution in [0.4, 0.5) is 0 Å². The lowest BCUT2D eigenvalue weighted by Gasteiger charge is -2.34. The van der Waals surface area contributed by atoms with Crippen LogP contribution in [0.5, 0.6) is 0 Å². The predicted octanol–water partition coefficient (Wildman–Crippen LogP) is 0.970. The summed E-state index contributed by atoms with van der Waals surface area (Å²) < 4.78 is 0. The van der Waals surface area contributed by atoms with Gasteiger partial charge in [-0.2, -0.15) is 0 Å². The van der Waals surface area contributed by atoms with E-state index in [0.717, 1.165) is 25.7 Å². The van der Waals surface area contributed by atoms with Crippen LogP contribution in [0.1, 0.15) is 45.4 Å². The van der Waals surface area contributed by atoms with Gasteiger partial charge in [-0.25, -0.2) is 4.79 Å². The summed E-state index contributed by atoms with van der Waals surface area (Å²) in [5.74, 6) is -1.17. The Hall–Kier alpha value is -1.10. The molecule has 98 valence electrons. The Morgan fingerprint density at radius 3 is 2.35 bits per heavy atom. The highest BCUT2D eigenvalue weighted by Crippen LogP contribution is 2.29. The van der Waals surface area contributed by atoms with Crippen molar-refractivity contribution in [3.8, 4) is 0 Å². The lowest BCUT2D eigenvalue weighted by molar-refractivity contribution is -0.148. The van der Waals surface area contributed by atoms with Crippen molar-refractivity contribution < 1.29 is 14.7 Å². The number of carbonyl (C=O) groups is 2. The average molecular weight is 242 g/mol. The number of rotatable bonds is 4. The minimum atomic E-state index is -0.990. The third kappa shape index (κ3) is 3.70. The van der Waals surface area contributed by atoms with Crippen molar-refractivity contribution >= 4 is 11.9 Å². The first kappa shape index (κ1) is 14.0. The molecule has 1 fully saturated rings. The van der Waals surface area contributed by atoms with Crippen LogP contribution in [0.3, 0.4) is 0 Å². The molecule has 0 aliphatic heterocycles. The largest absolute Gasteiger partial charge is 0.480 e. The maximum Gasteiger partial charge on any atom is 0.326 e. The molecule has 1 rings (SSSR count). The molecule has 0 aromatic heterocycles. The minimum absolute atomic E-state index is 0.177. The van der Waals surface area contributed by atoms with Crippen molar-refractivity contribution in [3.63, 3.8) is 0 Å². The van der Waals surface area contributed by atoms with E-state index in [9.17, 15) is 9.59 Å². The molecule has 17 heavy (non-hydrogen) atoms. The summed E-state index contributed by atoms with van der Waals surface area (Å²) >= 11 is 0. The zero-order chi connectivity index (χ0) is 13.1. The Bertz CT molecular complexity index is 298. The van der Waals surface area contributed by atoms with E-state index in [1.165, 1.54) is 25.3 Å². The SMILES string of the molecule is CC(C(=O)O)N(C)C(=O)CC1(N)CCCCC1. The fourth-order valence-corrected chi connectivity index (χ4v) is 2.24. The van der Waals surface area contributed by atoms with Gasteiger partial charge in [0.2, 0.25) is 5.91 Å². The summed E-state index contributed by atoms with van der Waals surface area (Å²) in [6.07, 6.45) is 5.25. The fourth-order valence-electron chi connectivity index (χ4n) is 2.24. The van der Waals surface area contributed by atoms with E-state index in [1.807, 2.05) is 0 Å². The number of hydrogen-bond donors (Lipinski definition) is 2. The lowest BCUT2D eigenvalue weighted by atomic mass is 9.80. The fraction of sp³-hybridized carbons (Fsp3) is 0.833. The highest BCUT2D eigenvalue weighted by molar-refractivity contribution is 5.83. The molecule has 1 saturated carbocycles. The highest BCUT2D eigenvalue weighted by Gasteiger charge is 2.32. The van der Waals surface area contributed by atoms with Crippen LogP contribution in [0, 0.1) is 0 Å². The quantitative estimate of drug-likeness (QED) is 0.769. The van der Waals surface area contributed by atoms with Crippen LogP contribution in [0.15, 0.2) is 0 Å². The molecular weight excluding hydrogens is 220 g/mol. The van der Waals surface area contributed by atoms with Gasteiger partial charge in [0, 0.05) is 19.0 Å². The molecule has 1 atom stereocenters. The number of nitrogens with two attached hydrogens (primary N) is 1. The highest BCUT2D eigenvalue weighted by atomic mass is 16.4. The Morgan fingerprint density at radius 2 is 1.88 bits per heavy atom. The van der Waals surface area contributed by atoms with E-state index in [-0.39, 0.29) is 12.3 Å². The van der Waals surface area contributed by atoms with Crippen LogP contribution >= 0.6 is 0 Å². The number of carboxylic acid groups (broad SMARTS) is 1. The van der Waals surface area contributed by atoms with E-state index in [4.69, 9.17) is 10.8 Å². The first-order valence-electron chi connectivity index (χ1n) is 6.13. The van der Waals surface area contributed by atoms with Gasteiger partial charge in [-0.15, -0.1) is 0 Å². The second-order valence-corrected chi connectivity index (χ2v) is 5.12. The monoisotopic (exact) mass is 242 g/mol. The topological polar surface area (TPSA) is 83.6 Å². The molecule has 0 spiro atoms. The van der Waals surface area contributed by atoms with E-state index in [1.54, 1.807) is 0 Å². The van der Waals surface area contributed by atoms with Crippen molar-refractivity contribution in [2.75, 3.05) is 7.05 Å². The molecular formula is C12H22N2O3. The first-order chi connectivity index (χ1) is 7.86. The Morgan fingerprint density at radius 1 is 1.35 bits per heavy atom. The number of carbonyl (C=O) groups excluding carboxylic acids is 1. The number of hydrogen-bond acceptors (Lipinski definition) is 3. The minimum Gasteiger partial charge on any atom is -0.480 e. The summed E-state index contributed by atoms with van der Waals surface area (Å²) in [7, 11) is 1.52. The molecule has 0 aromatic carbocycles. The molecule has 1 aliphatic rings. The third-order valence-corrected chi connectivity index (χ3v) is 3.68. The Kier molecular flexibility index (Phi) is 4.51. The van der Waals surface area contributed by atoms with Crippen molar-refractivity contribution in [2.24, 2.45) is 5.73 Å². The standard InChI is InChI=1S/C12H22N2O3/c1-9(11(16)17)14(2)10(15)8-12(13)6-4-3-5-7-12/h9H,3-8,13H2,1-2H3,(H,16,17). The molecule has 1 unspecified atom stereocenters. The van der Waals surface area contributed by atoms with Crippen molar-refractivity contribution in [2.45, 2.75) is 57.0 Å². The second kappa shape index (κ2) is 5.49. The number of amides is 1. The maximum absolute atomic E-state index is 11.9. The summed E-state index contributed by atoms with van der Waals surface area (Å²) in [6.45, 7) is 1.50. The van der Waals surface area contributed by atoms with Gasteiger partial charge < -0.3 is 15.7 Å². The molecule has 0 aromatic rings. The molecule has 1 aliphatic carbocycles. The predicted molar refractivity (Wildman–Crippen MR) is 64.5 cm³/mol. The van der Waals surface area contributed by atoms with Crippen LogP contribution in [0.25, 0.3) is 0 Å². The van der Waals surface area contributed by atoms with Gasteiger partial charge >= 0.3 is 5.97 Å². The molecule has 5 nitrogen and oxygen atoms in total. The van der Waals surface area contributed by atoms with Crippen LogP contribution < -0.4 is 5.73 Å². The second-order valence-electron chi connectivity index (χ2n) is 5.12. The zero-order valence-electron chi connectivity index (χ0n) is 10.6. The molecule has 0 bridgehead atoms. The summed E-state index contributed by atoms with van der Waals surface area (Å²) in [5, 5.41) is 8.85. The van der Waals surface area contributed by atoms with Gasteiger partial charge in [-0.05, 0) is 19.8 Å². The van der Waals surface area contributed by atoms with E-state index >= 15 is 0 Å².